The van der Waals surface area contributed by atoms with E-state index in [0.29, 0.717) is 37.1 Å². The molecule has 0 radical (unpaired) electrons. The molecule has 0 saturated heterocycles. The quantitative estimate of drug-likeness (QED) is 0.711. The molecule has 0 unspecified atom stereocenters. The van der Waals surface area contributed by atoms with Crippen LogP contribution in [0.25, 0.3) is 0 Å². The molecule has 0 spiro atoms. The topological polar surface area (TPSA) is 37.4 Å². The number of hydrogen-bond donors (Lipinski definition) is 1. The van der Waals surface area contributed by atoms with Gasteiger partial charge in [-0.25, -0.2) is 9.37 Å². The molecule has 0 bridgehead atoms. The molecule has 118 valence electrons. The number of rotatable bonds is 9. The van der Waals surface area contributed by atoms with Crippen molar-refractivity contribution in [3.63, 3.8) is 0 Å². The Kier molecular flexibility index (Phi) is 5.94. The second-order valence-electron chi connectivity index (χ2n) is 6.08. The van der Waals surface area contributed by atoms with Crippen molar-refractivity contribution in [1.82, 2.24) is 10.3 Å². The summed E-state index contributed by atoms with van der Waals surface area (Å²) in [6.45, 7) is 6.71. The van der Waals surface area contributed by atoms with Gasteiger partial charge in [-0.1, -0.05) is 13.8 Å². The molecule has 0 aromatic carbocycles. The van der Waals surface area contributed by atoms with Crippen molar-refractivity contribution in [3.05, 3.63) is 23.6 Å². The molecule has 1 aliphatic rings. The zero-order valence-corrected chi connectivity index (χ0v) is 13.2. The highest BCUT2D eigenvalue weighted by atomic mass is 19.1. The summed E-state index contributed by atoms with van der Waals surface area (Å²) in [5, 5.41) is 3.23. The highest BCUT2D eigenvalue weighted by Gasteiger charge is 2.21. The van der Waals surface area contributed by atoms with Crippen molar-refractivity contribution in [2.24, 2.45) is 5.92 Å². The summed E-state index contributed by atoms with van der Waals surface area (Å²) in [4.78, 5) is 5.98. The van der Waals surface area contributed by atoms with Gasteiger partial charge in [0.05, 0.1) is 6.61 Å². The van der Waals surface area contributed by atoms with Crippen LogP contribution in [-0.2, 0) is 11.3 Å². The van der Waals surface area contributed by atoms with E-state index in [1.165, 1.54) is 12.8 Å². The first-order valence-corrected chi connectivity index (χ1v) is 7.73. The average Bonchev–Trinajstić information content (AvgIpc) is 3.26. The van der Waals surface area contributed by atoms with Gasteiger partial charge in [-0.3, -0.25) is 0 Å². The predicted octanol–water partition coefficient (Wildman–Crippen LogP) is 2.58. The lowest BCUT2D eigenvalue weighted by Crippen LogP contribution is -2.26. The van der Waals surface area contributed by atoms with Crippen molar-refractivity contribution in [2.45, 2.75) is 39.3 Å². The number of nitrogens with one attached hydrogen (secondary N) is 1. The Labute approximate surface area is 126 Å². The molecule has 2 rings (SSSR count). The van der Waals surface area contributed by atoms with Crippen LogP contribution in [0, 0.1) is 11.7 Å². The highest BCUT2D eigenvalue weighted by Crippen LogP contribution is 2.28. The summed E-state index contributed by atoms with van der Waals surface area (Å²) < 4.78 is 20.0. The van der Waals surface area contributed by atoms with E-state index in [1.807, 2.05) is 25.8 Å². The fourth-order valence-electron chi connectivity index (χ4n) is 2.03. The van der Waals surface area contributed by atoms with Crippen LogP contribution in [-0.4, -0.2) is 37.8 Å². The van der Waals surface area contributed by atoms with Gasteiger partial charge >= 0.3 is 0 Å². The third kappa shape index (κ3) is 5.25. The molecule has 4 nitrogen and oxygen atoms in total. The fourth-order valence-corrected chi connectivity index (χ4v) is 2.03. The van der Waals surface area contributed by atoms with Crippen LogP contribution in [0.1, 0.15) is 32.3 Å². The lowest BCUT2D eigenvalue weighted by atomic mass is 10.2. The Balaban J connectivity index is 1.86. The molecule has 1 fully saturated rings. The Morgan fingerprint density at radius 2 is 2.24 bits per heavy atom. The summed E-state index contributed by atoms with van der Waals surface area (Å²) >= 11 is 0. The fraction of sp³-hybridized carbons (Fsp3) is 0.688. The van der Waals surface area contributed by atoms with Crippen molar-refractivity contribution >= 4 is 5.82 Å². The molecule has 0 amide bonds. The Morgan fingerprint density at radius 3 is 2.90 bits per heavy atom. The molecule has 1 N–H and O–H groups in total. The maximum absolute atomic E-state index is 14.4. The number of likely N-dealkylation sites (N-methyl/N-ethyl adjacent to an activating group) is 1. The largest absolute Gasteiger partial charge is 0.379 e. The molecule has 1 heterocycles. The van der Waals surface area contributed by atoms with Crippen LogP contribution < -0.4 is 10.2 Å². The van der Waals surface area contributed by atoms with Crippen LogP contribution in [0.2, 0.25) is 0 Å². The standard InChI is InChI=1S/C16H26FN3O/c1-12(2)19-10-14-6-7-18-16(15(14)17)20(3)8-9-21-11-13-4-5-13/h6-7,12-13,19H,4-5,8-11H2,1-3H3. The van der Waals surface area contributed by atoms with Gasteiger partial charge in [0.15, 0.2) is 11.6 Å². The Bertz CT molecular complexity index is 449. The van der Waals surface area contributed by atoms with E-state index in [4.69, 9.17) is 4.74 Å². The predicted molar refractivity (Wildman–Crippen MR) is 83.0 cm³/mol. The second-order valence-corrected chi connectivity index (χ2v) is 6.08. The Hall–Kier alpha value is -1.20. The molecular formula is C16H26FN3O. The van der Waals surface area contributed by atoms with Gasteiger partial charge in [0.2, 0.25) is 0 Å². The van der Waals surface area contributed by atoms with E-state index in [0.717, 1.165) is 12.5 Å². The zero-order valence-electron chi connectivity index (χ0n) is 13.2. The molecule has 21 heavy (non-hydrogen) atoms. The number of ether oxygens (including phenoxy) is 1. The van der Waals surface area contributed by atoms with Crippen LogP contribution in [0.5, 0.6) is 0 Å². The Morgan fingerprint density at radius 1 is 1.48 bits per heavy atom. The molecular weight excluding hydrogens is 269 g/mol. The van der Waals surface area contributed by atoms with Gasteiger partial charge in [0.25, 0.3) is 0 Å². The van der Waals surface area contributed by atoms with Crippen LogP contribution >= 0.6 is 0 Å². The van der Waals surface area contributed by atoms with E-state index < -0.39 is 0 Å². The van der Waals surface area contributed by atoms with Crippen molar-refractivity contribution in [2.75, 3.05) is 31.7 Å². The lowest BCUT2D eigenvalue weighted by molar-refractivity contribution is 0.130. The third-order valence-corrected chi connectivity index (χ3v) is 3.63. The third-order valence-electron chi connectivity index (χ3n) is 3.63. The van der Waals surface area contributed by atoms with E-state index in [-0.39, 0.29) is 5.82 Å². The van der Waals surface area contributed by atoms with Gasteiger partial charge in [-0.05, 0) is 24.8 Å². The van der Waals surface area contributed by atoms with Gasteiger partial charge in [-0.15, -0.1) is 0 Å². The van der Waals surface area contributed by atoms with Gasteiger partial charge < -0.3 is 15.0 Å². The van der Waals surface area contributed by atoms with Crippen LogP contribution in [0.4, 0.5) is 10.2 Å². The number of anilines is 1. The van der Waals surface area contributed by atoms with E-state index in [2.05, 4.69) is 10.3 Å². The first-order valence-electron chi connectivity index (χ1n) is 7.73. The summed E-state index contributed by atoms with van der Waals surface area (Å²) in [7, 11) is 1.85. The minimum atomic E-state index is -0.240. The molecule has 0 aliphatic heterocycles. The SMILES string of the molecule is CC(C)NCc1ccnc(N(C)CCOCC2CC2)c1F. The van der Waals surface area contributed by atoms with E-state index in [9.17, 15) is 4.39 Å². The minimum absolute atomic E-state index is 0.240. The van der Waals surface area contributed by atoms with E-state index in [1.54, 1.807) is 12.3 Å². The maximum Gasteiger partial charge on any atom is 0.170 e. The number of halogens is 1. The van der Waals surface area contributed by atoms with Gasteiger partial charge in [-0.2, -0.15) is 0 Å². The molecule has 1 aromatic heterocycles. The molecule has 1 saturated carbocycles. The summed E-state index contributed by atoms with van der Waals surface area (Å²) in [5.74, 6) is 0.916. The van der Waals surface area contributed by atoms with Gasteiger partial charge in [0.1, 0.15) is 0 Å². The summed E-state index contributed by atoms with van der Waals surface area (Å²) in [6.07, 6.45) is 4.24. The summed E-state index contributed by atoms with van der Waals surface area (Å²) in [5.41, 5.74) is 0.652. The molecule has 0 atom stereocenters. The number of aromatic nitrogens is 1. The second kappa shape index (κ2) is 7.71. The van der Waals surface area contributed by atoms with Crippen molar-refractivity contribution in [1.29, 1.82) is 0 Å². The molecule has 1 aromatic rings. The zero-order chi connectivity index (χ0) is 15.2. The normalized spacial score (nSPS) is 14.7. The van der Waals surface area contributed by atoms with Gasteiger partial charge in [0, 0.05) is 44.5 Å². The van der Waals surface area contributed by atoms with Crippen molar-refractivity contribution < 1.29 is 9.13 Å². The monoisotopic (exact) mass is 295 g/mol. The number of pyridine rings is 1. The van der Waals surface area contributed by atoms with Crippen LogP contribution in [0.3, 0.4) is 0 Å². The molecule has 1 aliphatic carbocycles. The highest BCUT2D eigenvalue weighted by molar-refractivity contribution is 5.42. The first kappa shape index (κ1) is 16.2. The minimum Gasteiger partial charge on any atom is -0.379 e. The average molecular weight is 295 g/mol. The lowest BCUT2D eigenvalue weighted by Gasteiger charge is -2.20. The maximum atomic E-state index is 14.4. The van der Waals surface area contributed by atoms with Crippen LogP contribution in [0.15, 0.2) is 12.3 Å². The van der Waals surface area contributed by atoms with Crippen molar-refractivity contribution in [3.8, 4) is 0 Å². The van der Waals surface area contributed by atoms with E-state index >= 15 is 0 Å². The number of hydrogen-bond acceptors (Lipinski definition) is 4. The molecule has 5 heteroatoms. The first-order chi connectivity index (χ1) is 10.1. The number of nitrogens with zero attached hydrogens (tertiary/aromatic N) is 2. The summed E-state index contributed by atoms with van der Waals surface area (Å²) in [6, 6.07) is 2.06. The smallest absolute Gasteiger partial charge is 0.170 e.